The number of nitrogens with zero attached hydrogens (tertiary/aromatic N) is 1. The Kier molecular flexibility index (Phi) is 5.32. The van der Waals surface area contributed by atoms with Gasteiger partial charge in [0.1, 0.15) is 5.75 Å². The lowest BCUT2D eigenvalue weighted by molar-refractivity contribution is 0.454. The Morgan fingerprint density at radius 3 is 2.26 bits per heavy atom. The molecule has 0 saturated carbocycles. The average Bonchev–Trinajstić information content (AvgIpc) is 3.43. The van der Waals surface area contributed by atoms with Gasteiger partial charge < -0.3 is 14.6 Å². The van der Waals surface area contributed by atoms with E-state index in [2.05, 4.69) is 104 Å². The maximum atomic E-state index is 9.11. The van der Waals surface area contributed by atoms with Crippen molar-refractivity contribution >= 4 is 56.3 Å². The molecule has 1 aromatic heterocycles. The second-order valence-electron chi connectivity index (χ2n) is 10.2. The van der Waals surface area contributed by atoms with Crippen LogP contribution in [0.2, 0.25) is 0 Å². The SMILES string of the molecule is CC1(C)c2ccccc2-c2c(N(c3ccc(O[B]O)cc3)c3ccc4c(c3)sc3ccccc34)cccc21. The van der Waals surface area contributed by atoms with Gasteiger partial charge in [-0.25, -0.2) is 0 Å². The Balaban J connectivity index is 1.48. The van der Waals surface area contributed by atoms with Crippen LogP contribution in [0, 0.1) is 0 Å². The fourth-order valence-corrected chi connectivity index (χ4v) is 7.08. The summed E-state index contributed by atoms with van der Waals surface area (Å²) < 4.78 is 7.76. The second-order valence-corrected chi connectivity index (χ2v) is 11.3. The molecule has 6 aromatic rings. The summed E-state index contributed by atoms with van der Waals surface area (Å²) in [4.78, 5) is 2.34. The van der Waals surface area contributed by atoms with Gasteiger partial charge in [-0.15, -0.1) is 11.3 Å². The molecule has 1 heterocycles. The molecule has 0 amide bonds. The van der Waals surface area contributed by atoms with E-state index in [-0.39, 0.29) is 5.41 Å². The van der Waals surface area contributed by atoms with Crippen molar-refractivity contribution in [3.05, 3.63) is 120 Å². The van der Waals surface area contributed by atoms with Crippen molar-refractivity contribution in [3.8, 4) is 16.9 Å². The van der Waals surface area contributed by atoms with E-state index >= 15 is 0 Å². The summed E-state index contributed by atoms with van der Waals surface area (Å²) in [5.41, 5.74) is 8.41. The van der Waals surface area contributed by atoms with Gasteiger partial charge in [0.25, 0.3) is 0 Å². The van der Waals surface area contributed by atoms with E-state index in [1.807, 2.05) is 35.6 Å². The van der Waals surface area contributed by atoms with Crippen LogP contribution in [0.15, 0.2) is 109 Å². The highest BCUT2D eigenvalue weighted by Gasteiger charge is 2.37. The molecule has 0 aliphatic heterocycles. The van der Waals surface area contributed by atoms with E-state index < -0.39 is 0 Å². The Hall–Kier alpha value is -4.06. The Morgan fingerprint density at radius 2 is 1.42 bits per heavy atom. The van der Waals surface area contributed by atoms with Gasteiger partial charge in [-0.3, -0.25) is 0 Å². The van der Waals surface area contributed by atoms with Crippen molar-refractivity contribution in [2.75, 3.05) is 4.90 Å². The van der Waals surface area contributed by atoms with Crippen molar-refractivity contribution in [3.63, 3.8) is 0 Å². The molecule has 5 heteroatoms. The third kappa shape index (κ3) is 3.47. The summed E-state index contributed by atoms with van der Waals surface area (Å²) in [7, 11) is 0.714. The number of rotatable bonds is 5. The van der Waals surface area contributed by atoms with E-state index in [9.17, 15) is 0 Å². The van der Waals surface area contributed by atoms with Crippen molar-refractivity contribution < 1.29 is 9.68 Å². The fraction of sp³-hybridized carbons (Fsp3) is 0.0909. The molecule has 0 bridgehead atoms. The predicted octanol–water partition coefficient (Wildman–Crippen LogP) is 8.74. The number of anilines is 3. The summed E-state index contributed by atoms with van der Waals surface area (Å²) >= 11 is 1.83. The minimum absolute atomic E-state index is 0.0856. The standard InChI is InChI=1S/C33H25BNO2S/c1-33(2)27-10-5-3-9-26(27)32-28(33)11-7-12-29(32)35(21-14-17-23(18-15-21)37-34-36)22-16-19-25-24-8-4-6-13-30(24)38-31(25)20-22/h3-20,36H,1-2H3. The molecule has 0 saturated heterocycles. The summed E-state index contributed by atoms with van der Waals surface area (Å²) in [5.74, 6) is 0.584. The van der Waals surface area contributed by atoms with Crippen LogP contribution in [0.5, 0.6) is 5.75 Å². The van der Waals surface area contributed by atoms with Gasteiger partial charge in [-0.1, -0.05) is 74.5 Å². The number of thiophene rings is 1. The molecule has 183 valence electrons. The van der Waals surface area contributed by atoms with Crippen LogP contribution in [-0.4, -0.2) is 12.7 Å². The Morgan fingerprint density at radius 1 is 0.711 bits per heavy atom. The molecular formula is C33H25BNO2S. The van der Waals surface area contributed by atoms with E-state index in [1.165, 1.54) is 42.4 Å². The summed E-state index contributed by atoms with van der Waals surface area (Å²) in [6, 6.07) is 38.6. The van der Waals surface area contributed by atoms with Crippen molar-refractivity contribution in [2.24, 2.45) is 0 Å². The molecule has 5 aromatic carbocycles. The smallest absolute Gasteiger partial charge is 0.537 e. The summed E-state index contributed by atoms with van der Waals surface area (Å²) in [6.45, 7) is 4.62. The largest absolute Gasteiger partial charge is 0.569 e. The molecule has 0 atom stereocenters. The lowest BCUT2D eigenvalue weighted by atomic mass is 9.82. The molecule has 0 fully saturated rings. The lowest BCUT2D eigenvalue weighted by Gasteiger charge is -2.29. The van der Waals surface area contributed by atoms with Crippen LogP contribution in [0.25, 0.3) is 31.3 Å². The first-order valence-electron chi connectivity index (χ1n) is 12.7. The van der Waals surface area contributed by atoms with Crippen molar-refractivity contribution in [1.29, 1.82) is 0 Å². The van der Waals surface area contributed by atoms with E-state index in [0.717, 1.165) is 17.1 Å². The number of fused-ring (bicyclic) bond motifs is 6. The van der Waals surface area contributed by atoms with Crippen LogP contribution in [0.1, 0.15) is 25.0 Å². The average molecular weight is 510 g/mol. The zero-order chi connectivity index (χ0) is 25.9. The zero-order valence-electron chi connectivity index (χ0n) is 21.2. The topological polar surface area (TPSA) is 32.7 Å². The molecule has 7 rings (SSSR count). The molecular weight excluding hydrogens is 485 g/mol. The maximum Gasteiger partial charge on any atom is 0.569 e. The molecule has 1 N–H and O–H groups in total. The van der Waals surface area contributed by atoms with Gasteiger partial charge in [-0.05, 0) is 65.2 Å². The molecule has 3 nitrogen and oxygen atoms in total. The summed E-state index contributed by atoms with van der Waals surface area (Å²) in [5, 5.41) is 11.7. The Labute approximate surface area is 226 Å². The molecule has 1 aliphatic carbocycles. The van der Waals surface area contributed by atoms with Crippen LogP contribution in [0.4, 0.5) is 17.1 Å². The highest BCUT2D eigenvalue weighted by Crippen LogP contribution is 2.54. The first-order chi connectivity index (χ1) is 18.6. The molecule has 1 aliphatic rings. The van der Waals surface area contributed by atoms with Gasteiger partial charge in [0.05, 0.1) is 5.69 Å². The molecule has 1 radical (unpaired) electrons. The number of hydrogen-bond donors (Lipinski definition) is 1. The zero-order valence-corrected chi connectivity index (χ0v) is 22.0. The Bertz CT molecular complexity index is 1820. The van der Waals surface area contributed by atoms with Crippen LogP contribution in [0.3, 0.4) is 0 Å². The fourth-order valence-electron chi connectivity index (χ4n) is 5.94. The predicted molar refractivity (Wildman–Crippen MR) is 160 cm³/mol. The lowest BCUT2D eigenvalue weighted by Crippen LogP contribution is -2.16. The van der Waals surface area contributed by atoms with Gasteiger partial charge in [0, 0.05) is 42.5 Å². The first kappa shape index (κ1) is 23.1. The number of hydrogen-bond acceptors (Lipinski definition) is 4. The van der Waals surface area contributed by atoms with Gasteiger partial charge in [0.2, 0.25) is 0 Å². The normalized spacial score (nSPS) is 13.3. The minimum atomic E-state index is -0.0856. The van der Waals surface area contributed by atoms with E-state index in [0.29, 0.717) is 13.4 Å². The van der Waals surface area contributed by atoms with Crippen LogP contribution >= 0.6 is 11.3 Å². The monoisotopic (exact) mass is 510 g/mol. The molecule has 0 unspecified atom stereocenters. The summed E-state index contributed by atoms with van der Waals surface area (Å²) in [6.07, 6.45) is 0. The first-order valence-corrected chi connectivity index (χ1v) is 13.6. The third-order valence-corrected chi connectivity index (χ3v) is 8.86. The molecule has 0 spiro atoms. The maximum absolute atomic E-state index is 9.11. The van der Waals surface area contributed by atoms with E-state index in [1.54, 1.807) is 0 Å². The van der Waals surface area contributed by atoms with Gasteiger partial charge in [-0.2, -0.15) is 0 Å². The van der Waals surface area contributed by atoms with Crippen molar-refractivity contribution in [2.45, 2.75) is 19.3 Å². The van der Waals surface area contributed by atoms with E-state index in [4.69, 9.17) is 9.68 Å². The third-order valence-electron chi connectivity index (χ3n) is 7.73. The van der Waals surface area contributed by atoms with Crippen molar-refractivity contribution in [1.82, 2.24) is 0 Å². The van der Waals surface area contributed by atoms with Gasteiger partial charge in [0.15, 0.2) is 0 Å². The number of benzene rings is 5. The van der Waals surface area contributed by atoms with Gasteiger partial charge >= 0.3 is 7.69 Å². The van der Waals surface area contributed by atoms with Crippen LogP contribution in [-0.2, 0) is 5.41 Å². The highest BCUT2D eigenvalue weighted by atomic mass is 32.1. The van der Waals surface area contributed by atoms with Crippen LogP contribution < -0.4 is 9.55 Å². The molecule has 38 heavy (non-hydrogen) atoms. The highest BCUT2D eigenvalue weighted by molar-refractivity contribution is 7.25. The second kappa shape index (κ2) is 8.76. The minimum Gasteiger partial charge on any atom is -0.537 e. The quantitative estimate of drug-likeness (QED) is 0.236.